The third kappa shape index (κ3) is 1.90. The van der Waals surface area contributed by atoms with Crippen molar-refractivity contribution in [1.82, 2.24) is 0 Å². The Morgan fingerprint density at radius 1 is 1.58 bits per heavy atom. The number of rotatable bonds is 2. The molecule has 12 heavy (non-hydrogen) atoms. The molecule has 0 saturated heterocycles. The molecular weight excluding hydrogens is 222 g/mol. The van der Waals surface area contributed by atoms with Gasteiger partial charge in [-0.05, 0) is 27.5 Å². The first kappa shape index (κ1) is 8.90. The lowest BCUT2D eigenvalue weighted by molar-refractivity contribution is 0.465. The summed E-state index contributed by atoms with van der Waals surface area (Å²) in [5.74, 6) is 0.130. The molecule has 5 heteroatoms. The zero-order valence-corrected chi connectivity index (χ0v) is 7.69. The molecule has 0 aliphatic heterocycles. The van der Waals surface area contributed by atoms with Crippen molar-refractivity contribution < 1.29 is 5.11 Å². The van der Waals surface area contributed by atoms with Crippen molar-refractivity contribution in [3.05, 3.63) is 38.7 Å². The van der Waals surface area contributed by atoms with Crippen LogP contribution in [0, 0.1) is 0 Å². The van der Waals surface area contributed by atoms with Gasteiger partial charge in [-0.25, -0.2) is 0 Å². The van der Waals surface area contributed by atoms with Crippen LogP contribution >= 0.6 is 15.9 Å². The van der Waals surface area contributed by atoms with Gasteiger partial charge in [-0.15, -0.1) is 0 Å². The maximum Gasteiger partial charge on any atom is 0.133 e. The van der Waals surface area contributed by atoms with E-state index in [2.05, 4.69) is 26.0 Å². The van der Waals surface area contributed by atoms with Gasteiger partial charge in [0.15, 0.2) is 0 Å². The highest BCUT2D eigenvalue weighted by Crippen LogP contribution is 2.27. The third-order valence-corrected chi connectivity index (χ3v) is 2.01. The van der Waals surface area contributed by atoms with E-state index in [9.17, 15) is 5.11 Å². The minimum absolute atomic E-state index is 0.130. The quantitative estimate of drug-likeness (QED) is 0.471. The molecule has 0 spiro atoms. The van der Waals surface area contributed by atoms with E-state index >= 15 is 0 Å². The average molecular weight is 228 g/mol. The zero-order chi connectivity index (χ0) is 8.97. The normalized spacial score (nSPS) is 9.08. The third-order valence-electron chi connectivity index (χ3n) is 1.37. The molecule has 1 aromatic carbocycles. The molecule has 0 aromatic heterocycles. The van der Waals surface area contributed by atoms with Gasteiger partial charge in [0.2, 0.25) is 0 Å². The van der Waals surface area contributed by atoms with Gasteiger partial charge in [0.25, 0.3) is 0 Å². The molecule has 0 amide bonds. The van der Waals surface area contributed by atoms with Gasteiger partial charge in [-0.2, -0.15) is 0 Å². The Labute approximate surface area is 77.6 Å². The van der Waals surface area contributed by atoms with Crippen LogP contribution in [0.2, 0.25) is 0 Å². The standard InChI is InChI=1S/C7H6BrN3O/c8-6-3-1-2-5(7(6)12)4-10-11-9/h1-3,12H,4H2. The molecule has 4 nitrogen and oxygen atoms in total. The van der Waals surface area contributed by atoms with E-state index in [1.54, 1.807) is 18.2 Å². The number of hydrogen-bond donors (Lipinski definition) is 1. The number of azide groups is 1. The maximum absolute atomic E-state index is 9.39. The molecular formula is C7H6BrN3O. The SMILES string of the molecule is [N-]=[N+]=NCc1cccc(Br)c1O. The van der Waals surface area contributed by atoms with Crippen LogP contribution in [0.15, 0.2) is 27.8 Å². The summed E-state index contributed by atoms with van der Waals surface area (Å²) in [5, 5.41) is 12.7. The zero-order valence-electron chi connectivity index (χ0n) is 6.11. The lowest BCUT2D eigenvalue weighted by atomic mass is 10.2. The van der Waals surface area contributed by atoms with Crippen LogP contribution in [0.3, 0.4) is 0 Å². The molecule has 0 bridgehead atoms. The molecule has 0 fully saturated rings. The Bertz CT molecular complexity index is 333. The number of halogens is 1. The summed E-state index contributed by atoms with van der Waals surface area (Å²) in [5.41, 5.74) is 8.67. The second-order valence-corrected chi connectivity index (χ2v) is 2.99. The highest BCUT2D eigenvalue weighted by Gasteiger charge is 2.02. The summed E-state index contributed by atoms with van der Waals surface area (Å²) in [7, 11) is 0. The summed E-state index contributed by atoms with van der Waals surface area (Å²) in [6.45, 7) is 0.168. The number of aromatic hydroxyl groups is 1. The van der Waals surface area contributed by atoms with Crippen LogP contribution in [0.4, 0.5) is 0 Å². The summed E-state index contributed by atoms with van der Waals surface area (Å²) in [6.07, 6.45) is 0. The van der Waals surface area contributed by atoms with E-state index in [1.807, 2.05) is 0 Å². The lowest BCUT2D eigenvalue weighted by Crippen LogP contribution is -1.81. The Hall–Kier alpha value is -1.19. The molecule has 1 N–H and O–H groups in total. The predicted molar refractivity (Wildman–Crippen MR) is 48.7 cm³/mol. The summed E-state index contributed by atoms with van der Waals surface area (Å²) in [4.78, 5) is 2.60. The van der Waals surface area contributed by atoms with Crippen molar-refractivity contribution in [1.29, 1.82) is 0 Å². The van der Waals surface area contributed by atoms with Crippen molar-refractivity contribution in [2.75, 3.05) is 0 Å². The number of benzene rings is 1. The average Bonchev–Trinajstić information content (AvgIpc) is 2.08. The fourth-order valence-electron chi connectivity index (χ4n) is 0.795. The van der Waals surface area contributed by atoms with Crippen molar-refractivity contribution in [2.24, 2.45) is 5.11 Å². The smallest absolute Gasteiger partial charge is 0.133 e. The van der Waals surface area contributed by atoms with E-state index in [1.165, 1.54) is 0 Å². The highest BCUT2D eigenvalue weighted by atomic mass is 79.9. The number of phenolic OH excluding ortho intramolecular Hbond substituents is 1. The van der Waals surface area contributed by atoms with Crippen molar-refractivity contribution >= 4 is 15.9 Å². The number of para-hydroxylation sites is 1. The summed E-state index contributed by atoms with van der Waals surface area (Å²) in [6, 6.07) is 5.19. The van der Waals surface area contributed by atoms with Crippen LogP contribution in [-0.2, 0) is 6.54 Å². The minimum atomic E-state index is 0.130. The minimum Gasteiger partial charge on any atom is -0.506 e. The van der Waals surface area contributed by atoms with Crippen LogP contribution < -0.4 is 0 Å². The van der Waals surface area contributed by atoms with Crippen molar-refractivity contribution in [3.63, 3.8) is 0 Å². The molecule has 0 heterocycles. The Balaban J connectivity index is 2.99. The Morgan fingerprint density at radius 2 is 2.33 bits per heavy atom. The summed E-state index contributed by atoms with van der Waals surface area (Å²) >= 11 is 3.15. The Morgan fingerprint density at radius 3 is 3.00 bits per heavy atom. The molecule has 0 unspecified atom stereocenters. The van der Waals surface area contributed by atoms with Crippen LogP contribution in [0.5, 0.6) is 5.75 Å². The van der Waals surface area contributed by atoms with E-state index in [4.69, 9.17) is 5.53 Å². The van der Waals surface area contributed by atoms with Gasteiger partial charge in [-0.1, -0.05) is 17.2 Å². The number of phenols is 1. The molecule has 1 rings (SSSR count). The van der Waals surface area contributed by atoms with E-state index in [0.717, 1.165) is 0 Å². The topological polar surface area (TPSA) is 69.0 Å². The van der Waals surface area contributed by atoms with Gasteiger partial charge < -0.3 is 5.11 Å². The molecule has 0 atom stereocenters. The second-order valence-electron chi connectivity index (χ2n) is 2.14. The van der Waals surface area contributed by atoms with Gasteiger partial charge in [-0.3, -0.25) is 0 Å². The molecule has 0 radical (unpaired) electrons. The van der Waals surface area contributed by atoms with E-state index < -0.39 is 0 Å². The van der Waals surface area contributed by atoms with E-state index in [0.29, 0.717) is 10.0 Å². The van der Waals surface area contributed by atoms with Gasteiger partial charge >= 0.3 is 0 Å². The maximum atomic E-state index is 9.39. The fourth-order valence-corrected chi connectivity index (χ4v) is 1.20. The van der Waals surface area contributed by atoms with Crippen molar-refractivity contribution in [2.45, 2.75) is 6.54 Å². The molecule has 0 saturated carbocycles. The first-order valence-electron chi connectivity index (χ1n) is 3.23. The molecule has 0 aliphatic rings. The largest absolute Gasteiger partial charge is 0.506 e. The predicted octanol–water partition coefficient (Wildman–Crippen LogP) is 2.97. The van der Waals surface area contributed by atoms with Crippen LogP contribution in [0.1, 0.15) is 5.56 Å². The Kier molecular flexibility index (Phi) is 2.96. The van der Waals surface area contributed by atoms with E-state index in [-0.39, 0.29) is 12.3 Å². The summed E-state index contributed by atoms with van der Waals surface area (Å²) < 4.78 is 0.605. The van der Waals surface area contributed by atoms with Crippen molar-refractivity contribution in [3.8, 4) is 5.75 Å². The van der Waals surface area contributed by atoms with Gasteiger partial charge in [0, 0.05) is 10.5 Å². The second kappa shape index (κ2) is 3.99. The monoisotopic (exact) mass is 227 g/mol. The number of hydrogen-bond acceptors (Lipinski definition) is 2. The van der Waals surface area contributed by atoms with Crippen LogP contribution in [0.25, 0.3) is 10.4 Å². The molecule has 0 aliphatic carbocycles. The fraction of sp³-hybridized carbons (Fsp3) is 0.143. The first-order chi connectivity index (χ1) is 5.75. The van der Waals surface area contributed by atoms with Gasteiger partial charge in [0.05, 0.1) is 11.0 Å². The lowest BCUT2D eigenvalue weighted by Gasteiger charge is -2.01. The highest BCUT2D eigenvalue weighted by molar-refractivity contribution is 9.10. The first-order valence-corrected chi connectivity index (χ1v) is 4.02. The molecule has 1 aromatic rings. The van der Waals surface area contributed by atoms with Crippen LogP contribution in [-0.4, -0.2) is 5.11 Å². The number of nitrogens with zero attached hydrogens (tertiary/aromatic N) is 3. The molecule has 62 valence electrons. The van der Waals surface area contributed by atoms with Gasteiger partial charge in [0.1, 0.15) is 5.75 Å².